The largest absolute Gasteiger partial charge is 0.324 e. The third-order valence-corrected chi connectivity index (χ3v) is 1.62. The Balaban J connectivity index is 0.000000461. The molecule has 1 atom stereocenters. The van der Waals surface area contributed by atoms with Crippen LogP contribution < -0.4 is 5.73 Å². The van der Waals surface area contributed by atoms with Crippen molar-refractivity contribution in [1.29, 1.82) is 0 Å². The van der Waals surface area contributed by atoms with Crippen molar-refractivity contribution in [2.75, 3.05) is 0 Å². The van der Waals surface area contributed by atoms with Crippen molar-refractivity contribution in [3.05, 3.63) is 23.8 Å². The van der Waals surface area contributed by atoms with E-state index in [-0.39, 0.29) is 6.04 Å². The second-order valence-electron chi connectivity index (χ2n) is 2.48. The minimum absolute atomic E-state index is 0.245. The molecule has 0 aromatic heterocycles. The predicted molar refractivity (Wildman–Crippen MR) is 51.5 cm³/mol. The van der Waals surface area contributed by atoms with Gasteiger partial charge in [0.2, 0.25) is 0 Å². The van der Waals surface area contributed by atoms with Gasteiger partial charge in [0.25, 0.3) is 0 Å². The first-order valence-corrected chi connectivity index (χ1v) is 4.40. The van der Waals surface area contributed by atoms with Gasteiger partial charge in [0.05, 0.1) is 0 Å². The van der Waals surface area contributed by atoms with E-state index < -0.39 is 0 Å². The molecule has 1 rings (SSSR count). The van der Waals surface area contributed by atoms with Crippen LogP contribution in [0.5, 0.6) is 0 Å². The molecule has 1 unspecified atom stereocenters. The lowest BCUT2D eigenvalue weighted by atomic mass is 10.0. The molecular formula is C10H19N. The van der Waals surface area contributed by atoms with Crippen LogP contribution in [0.15, 0.2) is 23.8 Å². The number of allylic oxidation sites excluding steroid dienone is 3. The molecule has 0 saturated carbocycles. The fourth-order valence-electron chi connectivity index (χ4n) is 0.990. The molecule has 0 aromatic carbocycles. The van der Waals surface area contributed by atoms with Gasteiger partial charge in [0.15, 0.2) is 0 Å². The van der Waals surface area contributed by atoms with Gasteiger partial charge in [-0.25, -0.2) is 0 Å². The van der Waals surface area contributed by atoms with E-state index in [0.717, 1.165) is 12.8 Å². The number of nitrogens with two attached hydrogens (primary N) is 1. The quantitative estimate of drug-likeness (QED) is 0.576. The summed E-state index contributed by atoms with van der Waals surface area (Å²) in [5.74, 6) is 0. The molecular weight excluding hydrogens is 134 g/mol. The van der Waals surface area contributed by atoms with Crippen molar-refractivity contribution in [2.45, 2.75) is 39.7 Å². The Kier molecular flexibility index (Phi) is 5.86. The van der Waals surface area contributed by atoms with Crippen molar-refractivity contribution >= 4 is 0 Å². The summed E-state index contributed by atoms with van der Waals surface area (Å²) in [5.41, 5.74) is 7.04. The van der Waals surface area contributed by atoms with E-state index in [0.29, 0.717) is 0 Å². The Bertz CT molecular complexity index is 143. The molecule has 0 bridgehead atoms. The summed E-state index contributed by atoms with van der Waals surface area (Å²) in [4.78, 5) is 0. The first-order chi connectivity index (χ1) is 5.30. The van der Waals surface area contributed by atoms with Crippen LogP contribution in [0.3, 0.4) is 0 Å². The number of hydrogen-bond acceptors (Lipinski definition) is 1. The Morgan fingerprint density at radius 3 is 2.27 bits per heavy atom. The van der Waals surface area contributed by atoms with Gasteiger partial charge in [-0.3, -0.25) is 0 Å². The SMILES string of the molecule is CC.CC(N)C1=CCC=CC1. The highest BCUT2D eigenvalue weighted by molar-refractivity contribution is 5.18. The van der Waals surface area contributed by atoms with Crippen molar-refractivity contribution < 1.29 is 0 Å². The number of rotatable bonds is 1. The minimum Gasteiger partial charge on any atom is -0.324 e. The molecule has 1 nitrogen and oxygen atoms in total. The summed E-state index contributed by atoms with van der Waals surface area (Å²) in [5, 5.41) is 0. The Hall–Kier alpha value is -0.560. The predicted octanol–water partition coefficient (Wildman–Crippen LogP) is 2.64. The zero-order valence-corrected chi connectivity index (χ0v) is 7.80. The summed E-state index contributed by atoms with van der Waals surface area (Å²) in [6.45, 7) is 6.03. The maximum atomic E-state index is 5.66. The highest BCUT2D eigenvalue weighted by Crippen LogP contribution is 2.12. The summed E-state index contributed by atoms with van der Waals surface area (Å²) >= 11 is 0. The van der Waals surface area contributed by atoms with Crippen LogP contribution in [0.4, 0.5) is 0 Å². The minimum atomic E-state index is 0.245. The van der Waals surface area contributed by atoms with Crippen LogP contribution in [0, 0.1) is 0 Å². The fraction of sp³-hybridized carbons (Fsp3) is 0.600. The Labute approximate surface area is 70.0 Å². The molecule has 0 saturated heterocycles. The average molecular weight is 153 g/mol. The van der Waals surface area contributed by atoms with E-state index in [4.69, 9.17) is 5.73 Å². The smallest absolute Gasteiger partial charge is 0.0227 e. The van der Waals surface area contributed by atoms with Crippen molar-refractivity contribution in [1.82, 2.24) is 0 Å². The zero-order valence-electron chi connectivity index (χ0n) is 7.80. The second-order valence-corrected chi connectivity index (χ2v) is 2.48. The molecule has 11 heavy (non-hydrogen) atoms. The molecule has 0 aromatic rings. The van der Waals surface area contributed by atoms with Crippen molar-refractivity contribution in [2.24, 2.45) is 5.73 Å². The molecule has 0 radical (unpaired) electrons. The molecule has 0 amide bonds. The zero-order chi connectivity index (χ0) is 8.69. The van der Waals surface area contributed by atoms with E-state index in [1.165, 1.54) is 5.57 Å². The van der Waals surface area contributed by atoms with E-state index >= 15 is 0 Å². The third-order valence-electron chi connectivity index (χ3n) is 1.62. The van der Waals surface area contributed by atoms with Gasteiger partial charge in [-0.1, -0.05) is 37.6 Å². The standard InChI is InChI=1S/C8H13N.C2H6/c1-7(9)8-5-3-2-4-6-8;1-2/h2-3,6-7H,4-5,9H2,1H3;1-2H3. The van der Waals surface area contributed by atoms with Gasteiger partial charge < -0.3 is 5.73 Å². The lowest BCUT2D eigenvalue weighted by molar-refractivity contribution is 0.820. The van der Waals surface area contributed by atoms with Gasteiger partial charge in [-0.2, -0.15) is 0 Å². The fourth-order valence-corrected chi connectivity index (χ4v) is 0.990. The van der Waals surface area contributed by atoms with Gasteiger partial charge >= 0.3 is 0 Å². The summed E-state index contributed by atoms with van der Waals surface area (Å²) < 4.78 is 0. The maximum Gasteiger partial charge on any atom is 0.0227 e. The lowest BCUT2D eigenvalue weighted by Crippen LogP contribution is -2.18. The van der Waals surface area contributed by atoms with E-state index in [1.54, 1.807) is 0 Å². The normalized spacial score (nSPS) is 18.0. The molecule has 1 aliphatic carbocycles. The van der Waals surface area contributed by atoms with Gasteiger partial charge in [0, 0.05) is 6.04 Å². The Morgan fingerprint density at radius 1 is 1.36 bits per heavy atom. The molecule has 1 heteroatoms. The highest BCUT2D eigenvalue weighted by Gasteiger charge is 2.01. The molecule has 2 N–H and O–H groups in total. The molecule has 0 aliphatic heterocycles. The van der Waals surface area contributed by atoms with Gasteiger partial charge in [-0.15, -0.1) is 0 Å². The van der Waals surface area contributed by atoms with Crippen LogP contribution in [0.2, 0.25) is 0 Å². The Morgan fingerprint density at radius 2 is 2.00 bits per heavy atom. The second kappa shape index (κ2) is 6.17. The van der Waals surface area contributed by atoms with Crippen LogP contribution in [-0.4, -0.2) is 6.04 Å². The highest BCUT2D eigenvalue weighted by atomic mass is 14.6. The third kappa shape index (κ3) is 3.99. The van der Waals surface area contributed by atoms with E-state index in [9.17, 15) is 0 Å². The molecule has 0 heterocycles. The molecule has 0 fully saturated rings. The van der Waals surface area contributed by atoms with E-state index in [1.807, 2.05) is 20.8 Å². The van der Waals surface area contributed by atoms with E-state index in [2.05, 4.69) is 18.2 Å². The maximum absolute atomic E-state index is 5.66. The molecule has 0 spiro atoms. The topological polar surface area (TPSA) is 26.0 Å². The van der Waals surface area contributed by atoms with Gasteiger partial charge in [-0.05, 0) is 19.8 Å². The molecule has 1 aliphatic rings. The monoisotopic (exact) mass is 153 g/mol. The van der Waals surface area contributed by atoms with Crippen LogP contribution >= 0.6 is 0 Å². The lowest BCUT2D eigenvalue weighted by Gasteiger charge is -2.10. The first kappa shape index (κ1) is 10.4. The summed E-state index contributed by atoms with van der Waals surface area (Å²) in [7, 11) is 0. The summed E-state index contributed by atoms with van der Waals surface area (Å²) in [6.07, 6.45) is 8.68. The van der Waals surface area contributed by atoms with Crippen molar-refractivity contribution in [3.8, 4) is 0 Å². The average Bonchev–Trinajstić information content (AvgIpc) is 2.10. The van der Waals surface area contributed by atoms with Crippen molar-refractivity contribution in [3.63, 3.8) is 0 Å². The van der Waals surface area contributed by atoms with Crippen LogP contribution in [0.1, 0.15) is 33.6 Å². The van der Waals surface area contributed by atoms with Crippen LogP contribution in [0.25, 0.3) is 0 Å². The first-order valence-electron chi connectivity index (χ1n) is 4.40. The number of hydrogen-bond donors (Lipinski definition) is 1. The molecule has 64 valence electrons. The summed E-state index contributed by atoms with van der Waals surface area (Å²) in [6, 6.07) is 0.245. The van der Waals surface area contributed by atoms with Gasteiger partial charge in [0.1, 0.15) is 0 Å². The van der Waals surface area contributed by atoms with Crippen LogP contribution in [-0.2, 0) is 0 Å².